The SMILES string of the molecule is CCc1cc(C)cc(CC)c1N=Cc1cccc(C=Nc2c(CC)cc(C)cc2CC)n1.[Cl-].[Cl-].[Cl-].[Fe+3]. The van der Waals surface area contributed by atoms with Crippen LogP contribution in [0.25, 0.3) is 0 Å². The fourth-order valence-corrected chi connectivity index (χ4v) is 4.15. The van der Waals surface area contributed by atoms with Crippen LogP contribution >= 0.6 is 0 Å². The Bertz CT molecular complexity index is 1020. The smallest absolute Gasteiger partial charge is 1.00 e. The molecule has 195 valence electrons. The molecule has 0 saturated carbocycles. The summed E-state index contributed by atoms with van der Waals surface area (Å²) in [6.45, 7) is 13.0. The van der Waals surface area contributed by atoms with Crippen LogP contribution in [0.2, 0.25) is 0 Å². The van der Waals surface area contributed by atoms with Crippen molar-refractivity contribution in [1.82, 2.24) is 4.98 Å². The summed E-state index contributed by atoms with van der Waals surface area (Å²) >= 11 is 0. The Morgan fingerprint density at radius 2 is 0.917 bits per heavy atom. The average molecular weight is 588 g/mol. The zero-order valence-corrected chi connectivity index (χ0v) is 25.2. The molecule has 1 heterocycles. The van der Waals surface area contributed by atoms with Gasteiger partial charge in [0.15, 0.2) is 0 Å². The number of rotatable bonds is 8. The van der Waals surface area contributed by atoms with Gasteiger partial charge in [-0.05, 0) is 73.9 Å². The first-order chi connectivity index (χ1) is 15.5. The summed E-state index contributed by atoms with van der Waals surface area (Å²) in [5.41, 5.74) is 11.6. The van der Waals surface area contributed by atoms with Crippen LogP contribution in [0.4, 0.5) is 11.4 Å². The largest absolute Gasteiger partial charge is 3.00 e. The van der Waals surface area contributed by atoms with Gasteiger partial charge in [-0.25, -0.2) is 4.98 Å². The van der Waals surface area contributed by atoms with Crippen LogP contribution in [0.15, 0.2) is 52.4 Å². The zero-order chi connectivity index (χ0) is 23.1. The van der Waals surface area contributed by atoms with Gasteiger partial charge >= 0.3 is 17.1 Å². The van der Waals surface area contributed by atoms with Crippen molar-refractivity contribution in [1.29, 1.82) is 0 Å². The molecular formula is C29H35Cl3FeN3. The third-order valence-electron chi connectivity index (χ3n) is 5.79. The number of aromatic nitrogens is 1. The van der Waals surface area contributed by atoms with Crippen LogP contribution in [0.3, 0.4) is 0 Å². The van der Waals surface area contributed by atoms with Gasteiger partial charge in [-0.15, -0.1) is 0 Å². The molecule has 0 atom stereocenters. The maximum absolute atomic E-state index is 4.85. The molecule has 3 nitrogen and oxygen atoms in total. The van der Waals surface area contributed by atoms with Crippen LogP contribution in [0, 0.1) is 13.8 Å². The summed E-state index contributed by atoms with van der Waals surface area (Å²) in [5, 5.41) is 0. The normalized spacial score (nSPS) is 10.4. The summed E-state index contributed by atoms with van der Waals surface area (Å²) in [7, 11) is 0. The van der Waals surface area contributed by atoms with E-state index in [-0.39, 0.29) is 54.3 Å². The van der Waals surface area contributed by atoms with Gasteiger partial charge in [-0.2, -0.15) is 0 Å². The van der Waals surface area contributed by atoms with E-state index in [1.807, 2.05) is 30.6 Å². The number of aliphatic imine (C=N–C) groups is 2. The second-order valence-electron chi connectivity index (χ2n) is 8.28. The summed E-state index contributed by atoms with van der Waals surface area (Å²) in [4.78, 5) is 14.5. The Morgan fingerprint density at radius 3 is 1.19 bits per heavy atom. The topological polar surface area (TPSA) is 37.6 Å². The van der Waals surface area contributed by atoms with E-state index >= 15 is 0 Å². The molecule has 0 fully saturated rings. The Morgan fingerprint density at radius 1 is 0.611 bits per heavy atom. The first-order valence-electron chi connectivity index (χ1n) is 11.8. The molecule has 3 aromatic rings. The molecule has 0 aliphatic rings. The second-order valence-corrected chi connectivity index (χ2v) is 8.28. The van der Waals surface area contributed by atoms with Crippen molar-refractivity contribution in [3.63, 3.8) is 0 Å². The molecule has 0 aliphatic carbocycles. The minimum Gasteiger partial charge on any atom is -1.00 e. The van der Waals surface area contributed by atoms with Gasteiger partial charge in [0.05, 0.1) is 35.2 Å². The van der Waals surface area contributed by atoms with Gasteiger partial charge < -0.3 is 37.2 Å². The molecule has 36 heavy (non-hydrogen) atoms. The van der Waals surface area contributed by atoms with Crippen molar-refractivity contribution in [3.8, 4) is 0 Å². The number of aryl methyl sites for hydroxylation is 6. The molecule has 0 unspecified atom stereocenters. The van der Waals surface area contributed by atoms with Gasteiger partial charge in [-0.3, -0.25) is 9.98 Å². The van der Waals surface area contributed by atoms with Crippen LogP contribution < -0.4 is 37.2 Å². The van der Waals surface area contributed by atoms with Crippen LogP contribution in [0.5, 0.6) is 0 Å². The monoisotopic (exact) mass is 586 g/mol. The van der Waals surface area contributed by atoms with Crippen molar-refractivity contribution in [2.75, 3.05) is 0 Å². The number of hydrogen-bond donors (Lipinski definition) is 0. The quantitative estimate of drug-likeness (QED) is 0.233. The first-order valence-corrected chi connectivity index (χ1v) is 11.8. The molecule has 0 spiro atoms. The van der Waals surface area contributed by atoms with Crippen LogP contribution in [-0.2, 0) is 42.8 Å². The Labute approximate surface area is 246 Å². The molecule has 0 bridgehead atoms. The minimum absolute atomic E-state index is 0. The van der Waals surface area contributed by atoms with Crippen LogP contribution in [0.1, 0.15) is 72.5 Å². The molecule has 1 aromatic heterocycles. The molecular weight excluding hydrogens is 553 g/mol. The third kappa shape index (κ3) is 9.32. The van der Waals surface area contributed by atoms with Gasteiger partial charge in [0, 0.05) is 0 Å². The summed E-state index contributed by atoms with van der Waals surface area (Å²) in [6, 6.07) is 14.9. The van der Waals surface area contributed by atoms with E-state index < -0.39 is 0 Å². The fourth-order valence-electron chi connectivity index (χ4n) is 4.15. The molecule has 1 radical (unpaired) electrons. The second kappa shape index (κ2) is 17.7. The molecule has 2 aromatic carbocycles. The van der Waals surface area contributed by atoms with Gasteiger partial charge in [0.2, 0.25) is 0 Å². The van der Waals surface area contributed by atoms with Crippen molar-refractivity contribution >= 4 is 23.8 Å². The standard InChI is InChI=1S/C29H35N3.3ClH.Fe/c1-7-22-14-20(5)15-23(8-2)28(22)30-18-26-12-11-13-27(32-26)19-31-29-24(9-3)16-21(6)17-25(29)10-4;;;;/h11-19H,7-10H2,1-6H3;3*1H;/q;;;;+3/p-3. The van der Waals surface area contributed by atoms with Crippen LogP contribution in [-0.4, -0.2) is 17.4 Å². The minimum atomic E-state index is 0. The summed E-state index contributed by atoms with van der Waals surface area (Å²) in [6.07, 6.45) is 7.63. The van der Waals surface area contributed by atoms with E-state index in [1.54, 1.807) is 0 Å². The predicted octanol–water partition coefficient (Wildman–Crippen LogP) is -1.54. The Hall–Kier alpha value is -1.68. The molecule has 0 aliphatic heterocycles. The first kappa shape index (κ1) is 36.5. The molecule has 3 rings (SSSR count). The maximum atomic E-state index is 4.85. The summed E-state index contributed by atoms with van der Waals surface area (Å²) < 4.78 is 0. The third-order valence-corrected chi connectivity index (χ3v) is 5.79. The molecule has 0 N–H and O–H groups in total. The van der Waals surface area contributed by atoms with E-state index in [9.17, 15) is 0 Å². The van der Waals surface area contributed by atoms with Crippen molar-refractivity contribution < 1.29 is 54.3 Å². The number of halogens is 3. The Kier molecular flexibility index (Phi) is 18.0. The van der Waals surface area contributed by atoms with Gasteiger partial charge in [-0.1, -0.05) is 69.2 Å². The van der Waals surface area contributed by atoms with E-state index in [4.69, 9.17) is 15.0 Å². The van der Waals surface area contributed by atoms with E-state index in [2.05, 4.69) is 65.8 Å². The fraction of sp³-hybridized carbons (Fsp3) is 0.345. The van der Waals surface area contributed by atoms with E-state index in [1.165, 1.54) is 33.4 Å². The van der Waals surface area contributed by atoms with Crippen molar-refractivity contribution in [2.45, 2.75) is 67.2 Å². The number of pyridine rings is 1. The maximum Gasteiger partial charge on any atom is 3.00 e. The Balaban J connectivity index is 0. The van der Waals surface area contributed by atoms with E-state index in [0.29, 0.717) is 0 Å². The van der Waals surface area contributed by atoms with Gasteiger partial charge in [0.1, 0.15) is 0 Å². The molecule has 0 saturated heterocycles. The number of nitrogens with zero attached hydrogens (tertiary/aromatic N) is 3. The number of benzene rings is 2. The number of hydrogen-bond acceptors (Lipinski definition) is 3. The molecule has 7 heteroatoms. The van der Waals surface area contributed by atoms with Crippen molar-refractivity contribution in [2.24, 2.45) is 9.98 Å². The van der Waals surface area contributed by atoms with Gasteiger partial charge in [0.25, 0.3) is 0 Å². The van der Waals surface area contributed by atoms with E-state index in [0.717, 1.165) is 48.4 Å². The summed E-state index contributed by atoms with van der Waals surface area (Å²) in [5.74, 6) is 0. The van der Waals surface area contributed by atoms with Crippen molar-refractivity contribution in [3.05, 3.63) is 87.2 Å². The molecule has 0 amide bonds. The zero-order valence-electron chi connectivity index (χ0n) is 21.9. The predicted molar refractivity (Wildman–Crippen MR) is 139 cm³/mol. The average Bonchev–Trinajstić information content (AvgIpc) is 2.81.